The Hall–Kier alpha value is -0.100. The normalized spacial score (nSPS) is 11.6. The summed E-state index contributed by atoms with van der Waals surface area (Å²) < 4.78 is 0. The first kappa shape index (κ1) is 20.2. The van der Waals surface area contributed by atoms with Crippen LogP contribution < -0.4 is 0 Å². The molecule has 0 aromatic heterocycles. The summed E-state index contributed by atoms with van der Waals surface area (Å²) in [5.74, 6) is -0.745. The second-order valence-corrected chi connectivity index (χ2v) is 10.2. The molecule has 18 heavy (non-hydrogen) atoms. The molecule has 0 unspecified atom stereocenters. The molecule has 0 bridgehead atoms. The molecule has 0 amide bonds. The Balaban J connectivity index is 0. The van der Waals surface area contributed by atoms with Crippen LogP contribution in [0.15, 0.2) is 0 Å². The van der Waals surface area contributed by atoms with E-state index in [4.69, 9.17) is 5.11 Å². The van der Waals surface area contributed by atoms with E-state index in [0.717, 1.165) is 0 Å². The first-order valence-electron chi connectivity index (χ1n) is 7.73. The van der Waals surface area contributed by atoms with Crippen molar-refractivity contribution in [3.05, 3.63) is 0 Å². The SMILES string of the molecule is CCC(=O)O.CCC[PH](CCC)(CCC)CCC. The van der Waals surface area contributed by atoms with Crippen LogP contribution in [0.1, 0.15) is 66.7 Å². The monoisotopic (exact) mass is 278 g/mol. The molecule has 0 saturated carbocycles. The summed E-state index contributed by atoms with van der Waals surface area (Å²) >= 11 is 0. The summed E-state index contributed by atoms with van der Waals surface area (Å²) in [5.41, 5.74) is 0. The van der Waals surface area contributed by atoms with E-state index >= 15 is 0 Å². The molecule has 0 atom stereocenters. The Kier molecular flexibility index (Phi) is 15.0. The quantitative estimate of drug-likeness (QED) is 0.612. The topological polar surface area (TPSA) is 37.3 Å². The number of carbonyl (C=O) groups is 1. The van der Waals surface area contributed by atoms with Crippen molar-refractivity contribution in [3.63, 3.8) is 0 Å². The second kappa shape index (κ2) is 13.3. The number of carboxylic acids is 1. The van der Waals surface area contributed by atoms with Crippen LogP contribution in [0.2, 0.25) is 0 Å². The Morgan fingerprint density at radius 2 is 1.00 bits per heavy atom. The van der Waals surface area contributed by atoms with Crippen molar-refractivity contribution >= 4 is 13.2 Å². The van der Waals surface area contributed by atoms with Gasteiger partial charge in [0.2, 0.25) is 0 Å². The molecule has 0 aromatic rings. The molecule has 0 spiro atoms. The fourth-order valence-corrected chi connectivity index (χ4v) is 8.61. The van der Waals surface area contributed by atoms with Gasteiger partial charge in [0.05, 0.1) is 0 Å². The van der Waals surface area contributed by atoms with Gasteiger partial charge in [-0.2, -0.15) is 0 Å². The average molecular weight is 278 g/mol. The Labute approximate surface area is 115 Å². The van der Waals surface area contributed by atoms with E-state index in [1.54, 1.807) is 31.6 Å². The predicted molar refractivity (Wildman–Crippen MR) is 86.9 cm³/mol. The molecule has 2 nitrogen and oxygen atoms in total. The molecule has 0 aliphatic carbocycles. The van der Waals surface area contributed by atoms with Crippen LogP contribution in [-0.4, -0.2) is 35.7 Å². The zero-order chi connectivity index (χ0) is 14.4. The number of hydrogen-bond acceptors (Lipinski definition) is 1. The van der Waals surface area contributed by atoms with Crippen LogP contribution in [0.25, 0.3) is 0 Å². The van der Waals surface area contributed by atoms with Crippen LogP contribution in [0.5, 0.6) is 0 Å². The first-order chi connectivity index (χ1) is 8.51. The fourth-order valence-electron chi connectivity index (χ4n) is 2.87. The molecule has 1 N–H and O–H groups in total. The molecule has 0 fully saturated rings. The maximum absolute atomic E-state index is 9.37. The standard InChI is InChI=1S/C12H29P.C3H6O2/c1-5-9-13(10-6-2,11-7-3)12-8-4;1-2-3(4)5/h13H,5-12H2,1-4H3;2H2,1H3,(H,4,5). The molecule has 3 heteroatoms. The van der Waals surface area contributed by atoms with E-state index < -0.39 is 13.2 Å². The fraction of sp³-hybridized carbons (Fsp3) is 0.933. The van der Waals surface area contributed by atoms with Crippen LogP contribution in [0.3, 0.4) is 0 Å². The van der Waals surface area contributed by atoms with Gasteiger partial charge in [-0.05, 0) is 0 Å². The van der Waals surface area contributed by atoms with Gasteiger partial charge in [0.1, 0.15) is 0 Å². The molecule has 0 rings (SSSR count). The van der Waals surface area contributed by atoms with Crippen molar-refractivity contribution < 1.29 is 9.90 Å². The van der Waals surface area contributed by atoms with Gasteiger partial charge < -0.3 is 5.11 Å². The van der Waals surface area contributed by atoms with Gasteiger partial charge in [-0.3, -0.25) is 4.79 Å². The second-order valence-electron chi connectivity index (χ2n) is 5.25. The summed E-state index contributed by atoms with van der Waals surface area (Å²) in [4.78, 5) is 9.37. The minimum atomic E-state index is -0.796. The van der Waals surface area contributed by atoms with Crippen molar-refractivity contribution in [2.45, 2.75) is 66.7 Å². The molecule has 0 aliphatic rings. The molecule has 0 aromatic carbocycles. The van der Waals surface area contributed by atoms with Crippen LogP contribution in [-0.2, 0) is 4.79 Å². The minimum absolute atomic E-state index is 0.222. The van der Waals surface area contributed by atoms with E-state index in [-0.39, 0.29) is 6.42 Å². The zero-order valence-electron chi connectivity index (χ0n) is 13.2. The first-order valence-corrected chi connectivity index (χ1v) is 10.6. The number of carboxylic acid groups (broad SMARTS) is 1. The molecular weight excluding hydrogens is 243 g/mol. The molecule has 0 aliphatic heterocycles. The summed E-state index contributed by atoms with van der Waals surface area (Å²) in [6, 6.07) is 0. The third kappa shape index (κ3) is 11.0. The van der Waals surface area contributed by atoms with Crippen molar-refractivity contribution in [2.75, 3.05) is 24.6 Å². The predicted octanol–water partition coefficient (Wildman–Crippen LogP) is 4.86. The van der Waals surface area contributed by atoms with E-state index in [0.29, 0.717) is 0 Å². The molecule has 0 radical (unpaired) electrons. The Bertz CT molecular complexity index is 163. The van der Waals surface area contributed by atoms with Gasteiger partial charge in [0.15, 0.2) is 0 Å². The summed E-state index contributed by atoms with van der Waals surface area (Å²) in [6.45, 7) is 11.1. The van der Waals surface area contributed by atoms with E-state index in [2.05, 4.69) is 27.7 Å². The molecule has 112 valence electrons. The number of hydrogen-bond donors (Lipinski definition) is 1. The van der Waals surface area contributed by atoms with Gasteiger partial charge in [0, 0.05) is 6.42 Å². The van der Waals surface area contributed by atoms with Crippen molar-refractivity contribution in [1.29, 1.82) is 0 Å². The van der Waals surface area contributed by atoms with E-state index in [1.165, 1.54) is 25.7 Å². The average Bonchev–Trinajstić information content (AvgIpc) is 2.31. The van der Waals surface area contributed by atoms with Crippen molar-refractivity contribution in [2.24, 2.45) is 0 Å². The third-order valence-electron chi connectivity index (χ3n) is 3.42. The molecule has 0 heterocycles. The van der Waals surface area contributed by atoms with Crippen LogP contribution in [0.4, 0.5) is 0 Å². The molecule has 0 saturated heterocycles. The van der Waals surface area contributed by atoms with Gasteiger partial charge in [-0.15, -0.1) is 0 Å². The third-order valence-corrected chi connectivity index (χ3v) is 9.67. The van der Waals surface area contributed by atoms with E-state index in [1.807, 2.05) is 0 Å². The Morgan fingerprint density at radius 3 is 1.11 bits per heavy atom. The van der Waals surface area contributed by atoms with Crippen LogP contribution in [0, 0.1) is 0 Å². The van der Waals surface area contributed by atoms with Crippen molar-refractivity contribution in [1.82, 2.24) is 0 Å². The maximum atomic E-state index is 9.37. The van der Waals surface area contributed by atoms with Gasteiger partial charge >= 0.3 is 91.3 Å². The number of rotatable bonds is 9. The van der Waals surface area contributed by atoms with E-state index in [9.17, 15) is 4.79 Å². The molecular formula is C15H35O2P. The van der Waals surface area contributed by atoms with Gasteiger partial charge in [-0.1, -0.05) is 6.92 Å². The summed E-state index contributed by atoms with van der Waals surface area (Å²) in [7, 11) is -0.796. The van der Waals surface area contributed by atoms with Crippen LogP contribution >= 0.6 is 7.26 Å². The number of aliphatic carboxylic acids is 1. The zero-order valence-corrected chi connectivity index (χ0v) is 14.2. The van der Waals surface area contributed by atoms with Gasteiger partial charge in [-0.25, -0.2) is 0 Å². The Morgan fingerprint density at radius 1 is 0.778 bits per heavy atom. The van der Waals surface area contributed by atoms with Gasteiger partial charge in [0.25, 0.3) is 0 Å². The van der Waals surface area contributed by atoms with Crippen molar-refractivity contribution in [3.8, 4) is 0 Å². The summed E-state index contributed by atoms with van der Waals surface area (Å²) in [5, 5.41) is 7.72. The summed E-state index contributed by atoms with van der Waals surface area (Å²) in [6.07, 6.45) is 12.3.